The third-order valence-corrected chi connectivity index (χ3v) is 3.43. The maximum absolute atomic E-state index is 12.4. The number of halogens is 1. The van der Waals surface area contributed by atoms with E-state index < -0.39 is 0 Å². The zero-order chi connectivity index (χ0) is 14.5. The monoisotopic (exact) mass is 289 g/mol. The summed E-state index contributed by atoms with van der Waals surface area (Å²) in [6, 6.07) is 14.7. The summed E-state index contributed by atoms with van der Waals surface area (Å²) >= 11 is 5.74. The minimum atomic E-state index is -0.0590. The number of hydrogen-bond donors (Lipinski definition) is 0. The molecule has 0 aliphatic heterocycles. The molecular formula is C16H16ClNO2. The number of ether oxygens (including phenoxy) is 1. The molecule has 0 atom stereocenters. The van der Waals surface area contributed by atoms with E-state index in [1.54, 1.807) is 31.2 Å². The number of amides is 1. The maximum atomic E-state index is 12.4. The fourth-order valence-corrected chi connectivity index (χ4v) is 2.03. The topological polar surface area (TPSA) is 29.5 Å². The van der Waals surface area contributed by atoms with E-state index in [2.05, 4.69) is 0 Å². The fourth-order valence-electron chi connectivity index (χ4n) is 1.85. The highest BCUT2D eigenvalue weighted by Crippen LogP contribution is 2.20. The summed E-state index contributed by atoms with van der Waals surface area (Å²) in [6.45, 7) is 0. The number of benzene rings is 2. The number of nitrogens with zero attached hydrogens (tertiary/aromatic N) is 1. The Bertz CT molecular complexity index is 578. The molecule has 2 aromatic carbocycles. The van der Waals surface area contributed by atoms with Crippen molar-refractivity contribution in [1.29, 1.82) is 0 Å². The molecule has 0 aliphatic carbocycles. The van der Waals surface area contributed by atoms with Crippen molar-refractivity contribution in [2.45, 2.75) is 5.88 Å². The smallest absolute Gasteiger partial charge is 0.258 e. The predicted octanol–water partition coefficient (Wildman–Crippen LogP) is 3.71. The fraction of sp³-hybridized carbons (Fsp3) is 0.188. The van der Waals surface area contributed by atoms with Gasteiger partial charge in [-0.15, -0.1) is 11.6 Å². The summed E-state index contributed by atoms with van der Waals surface area (Å²) in [5.41, 5.74) is 2.45. The van der Waals surface area contributed by atoms with Crippen LogP contribution in [-0.2, 0) is 5.88 Å². The standard InChI is InChI=1S/C16H16ClNO2/c1-18(14-7-9-15(20-2)10-8-14)16(19)13-5-3-12(11-17)4-6-13/h3-10H,11H2,1-2H3. The summed E-state index contributed by atoms with van der Waals surface area (Å²) in [6.07, 6.45) is 0. The summed E-state index contributed by atoms with van der Waals surface area (Å²) < 4.78 is 5.10. The third kappa shape index (κ3) is 3.11. The Hall–Kier alpha value is -2.00. The molecule has 4 heteroatoms. The molecule has 0 radical (unpaired) electrons. The van der Waals surface area contributed by atoms with E-state index in [0.29, 0.717) is 11.4 Å². The van der Waals surface area contributed by atoms with Gasteiger partial charge in [0.2, 0.25) is 0 Å². The van der Waals surface area contributed by atoms with E-state index in [0.717, 1.165) is 17.0 Å². The SMILES string of the molecule is COc1ccc(N(C)C(=O)c2ccc(CCl)cc2)cc1. The highest BCUT2D eigenvalue weighted by atomic mass is 35.5. The Morgan fingerprint density at radius 3 is 2.20 bits per heavy atom. The van der Waals surface area contributed by atoms with E-state index in [1.165, 1.54) is 0 Å². The van der Waals surface area contributed by atoms with Crippen LogP contribution in [0.4, 0.5) is 5.69 Å². The van der Waals surface area contributed by atoms with Gasteiger partial charge < -0.3 is 9.64 Å². The van der Waals surface area contributed by atoms with Crippen LogP contribution in [0.3, 0.4) is 0 Å². The number of anilines is 1. The van der Waals surface area contributed by atoms with Gasteiger partial charge in [0.15, 0.2) is 0 Å². The van der Waals surface area contributed by atoms with E-state index in [1.807, 2.05) is 36.4 Å². The molecule has 104 valence electrons. The normalized spacial score (nSPS) is 10.2. The second kappa shape index (κ2) is 6.44. The molecule has 0 N–H and O–H groups in total. The molecule has 0 bridgehead atoms. The highest BCUT2D eigenvalue weighted by molar-refractivity contribution is 6.17. The van der Waals surface area contributed by atoms with Gasteiger partial charge in [-0.2, -0.15) is 0 Å². The second-order valence-corrected chi connectivity index (χ2v) is 4.66. The Morgan fingerprint density at radius 2 is 1.70 bits per heavy atom. The zero-order valence-corrected chi connectivity index (χ0v) is 12.2. The number of methoxy groups -OCH3 is 1. The summed E-state index contributed by atoms with van der Waals surface area (Å²) in [5.74, 6) is 1.15. The van der Waals surface area contributed by atoms with Crippen molar-refractivity contribution >= 4 is 23.2 Å². The molecule has 0 saturated carbocycles. The van der Waals surface area contributed by atoms with Gasteiger partial charge in [-0.25, -0.2) is 0 Å². The summed E-state index contributed by atoms with van der Waals surface area (Å²) in [4.78, 5) is 14.0. The molecule has 20 heavy (non-hydrogen) atoms. The maximum Gasteiger partial charge on any atom is 0.258 e. The van der Waals surface area contributed by atoms with Crippen molar-refractivity contribution in [2.24, 2.45) is 0 Å². The first kappa shape index (κ1) is 14.4. The molecule has 1 amide bonds. The van der Waals surface area contributed by atoms with Crippen LogP contribution in [0.1, 0.15) is 15.9 Å². The van der Waals surface area contributed by atoms with Gasteiger partial charge in [-0.3, -0.25) is 4.79 Å². The lowest BCUT2D eigenvalue weighted by Crippen LogP contribution is -2.26. The van der Waals surface area contributed by atoms with Crippen molar-refractivity contribution in [3.63, 3.8) is 0 Å². The van der Waals surface area contributed by atoms with Crippen LogP contribution in [0.15, 0.2) is 48.5 Å². The molecule has 2 rings (SSSR count). The summed E-state index contributed by atoms with van der Waals surface area (Å²) in [5, 5.41) is 0. The van der Waals surface area contributed by atoms with Crippen LogP contribution in [0.25, 0.3) is 0 Å². The van der Waals surface area contributed by atoms with Crippen molar-refractivity contribution < 1.29 is 9.53 Å². The predicted molar refractivity (Wildman–Crippen MR) is 81.7 cm³/mol. The highest BCUT2D eigenvalue weighted by Gasteiger charge is 2.13. The van der Waals surface area contributed by atoms with Crippen LogP contribution in [0.2, 0.25) is 0 Å². The quantitative estimate of drug-likeness (QED) is 0.803. The van der Waals surface area contributed by atoms with E-state index >= 15 is 0 Å². The number of rotatable bonds is 4. The lowest BCUT2D eigenvalue weighted by Gasteiger charge is -2.17. The van der Waals surface area contributed by atoms with Crippen LogP contribution < -0.4 is 9.64 Å². The molecule has 0 heterocycles. The van der Waals surface area contributed by atoms with Crippen molar-refractivity contribution in [3.8, 4) is 5.75 Å². The van der Waals surface area contributed by atoms with E-state index in [9.17, 15) is 4.79 Å². The van der Waals surface area contributed by atoms with Crippen LogP contribution >= 0.6 is 11.6 Å². The van der Waals surface area contributed by atoms with Gasteiger partial charge in [0.25, 0.3) is 5.91 Å². The third-order valence-electron chi connectivity index (χ3n) is 3.12. The van der Waals surface area contributed by atoms with Gasteiger partial charge in [-0.05, 0) is 42.0 Å². The first-order chi connectivity index (χ1) is 9.65. The first-order valence-corrected chi connectivity index (χ1v) is 6.76. The molecular weight excluding hydrogens is 274 g/mol. The van der Waals surface area contributed by atoms with Crippen LogP contribution in [0, 0.1) is 0 Å². The average molecular weight is 290 g/mol. The molecule has 0 fully saturated rings. The Morgan fingerprint density at radius 1 is 1.10 bits per heavy atom. The number of alkyl halides is 1. The number of carbonyl (C=O) groups excluding carboxylic acids is 1. The Balaban J connectivity index is 2.17. The summed E-state index contributed by atoms with van der Waals surface area (Å²) in [7, 11) is 3.36. The van der Waals surface area contributed by atoms with Crippen molar-refractivity contribution in [3.05, 3.63) is 59.7 Å². The minimum Gasteiger partial charge on any atom is -0.497 e. The van der Waals surface area contributed by atoms with E-state index in [4.69, 9.17) is 16.3 Å². The van der Waals surface area contributed by atoms with Crippen molar-refractivity contribution in [1.82, 2.24) is 0 Å². The van der Waals surface area contributed by atoms with Gasteiger partial charge in [0, 0.05) is 24.2 Å². The van der Waals surface area contributed by atoms with Gasteiger partial charge in [0.05, 0.1) is 7.11 Å². The first-order valence-electron chi connectivity index (χ1n) is 6.22. The van der Waals surface area contributed by atoms with Crippen LogP contribution in [0.5, 0.6) is 5.75 Å². The van der Waals surface area contributed by atoms with Gasteiger partial charge in [-0.1, -0.05) is 12.1 Å². The molecule has 3 nitrogen and oxygen atoms in total. The Labute approximate surface area is 123 Å². The van der Waals surface area contributed by atoms with Crippen LogP contribution in [-0.4, -0.2) is 20.1 Å². The molecule has 0 aliphatic rings. The molecule has 0 spiro atoms. The largest absolute Gasteiger partial charge is 0.497 e. The number of carbonyl (C=O) groups is 1. The lowest BCUT2D eigenvalue weighted by molar-refractivity contribution is 0.0993. The van der Waals surface area contributed by atoms with Gasteiger partial charge >= 0.3 is 0 Å². The van der Waals surface area contributed by atoms with Gasteiger partial charge in [0.1, 0.15) is 5.75 Å². The lowest BCUT2D eigenvalue weighted by atomic mass is 10.1. The zero-order valence-electron chi connectivity index (χ0n) is 11.5. The Kier molecular flexibility index (Phi) is 4.64. The second-order valence-electron chi connectivity index (χ2n) is 4.39. The molecule has 0 saturated heterocycles. The molecule has 2 aromatic rings. The average Bonchev–Trinajstić information content (AvgIpc) is 2.53. The minimum absolute atomic E-state index is 0.0590. The van der Waals surface area contributed by atoms with E-state index in [-0.39, 0.29) is 5.91 Å². The molecule has 0 aromatic heterocycles. The number of hydrogen-bond acceptors (Lipinski definition) is 2. The molecule has 0 unspecified atom stereocenters. The van der Waals surface area contributed by atoms with Crippen molar-refractivity contribution in [2.75, 3.05) is 19.1 Å².